The van der Waals surface area contributed by atoms with Gasteiger partial charge in [-0.15, -0.1) is 0 Å². The summed E-state index contributed by atoms with van der Waals surface area (Å²) in [4.78, 5) is 0. The van der Waals surface area contributed by atoms with Crippen molar-refractivity contribution in [2.24, 2.45) is 0 Å². The number of hydrogen-bond acceptors (Lipinski definition) is 0. The van der Waals surface area contributed by atoms with E-state index in [1.54, 1.807) is 0 Å². The Balaban J connectivity index is 2.14. The van der Waals surface area contributed by atoms with E-state index in [-0.39, 0.29) is 0 Å². The van der Waals surface area contributed by atoms with Gasteiger partial charge in [-0.2, -0.15) is 0 Å². The van der Waals surface area contributed by atoms with Crippen LogP contribution in [0.3, 0.4) is 0 Å². The fourth-order valence-corrected chi connectivity index (χ4v) is 4.81. The molecule has 0 saturated heterocycles. The molecule has 0 radical (unpaired) electrons. The van der Waals surface area contributed by atoms with Crippen molar-refractivity contribution >= 4 is 16.5 Å². The quantitative estimate of drug-likeness (QED) is 0.533. The molecule has 2 aliphatic rings. The number of nitrogens with zero attached hydrogens (tertiary/aromatic N) is 1. The van der Waals surface area contributed by atoms with Crippen molar-refractivity contribution in [1.82, 2.24) is 0 Å². The van der Waals surface area contributed by atoms with Gasteiger partial charge in [0.2, 0.25) is 5.88 Å². The lowest BCUT2D eigenvalue weighted by molar-refractivity contribution is -0.800. The molecule has 2 aliphatic heterocycles. The summed E-state index contributed by atoms with van der Waals surface area (Å²) in [5.74, 6) is 1.21. The summed E-state index contributed by atoms with van der Waals surface area (Å²) in [5, 5.41) is 2.46. The third kappa shape index (κ3) is 1.86. The maximum Gasteiger partial charge on any atom is 0.246 e. The lowest BCUT2D eigenvalue weighted by atomic mass is 9.97. The van der Waals surface area contributed by atoms with Crippen LogP contribution in [0.25, 0.3) is 5.57 Å². The van der Waals surface area contributed by atoms with Gasteiger partial charge in [-0.25, -0.2) is 4.48 Å². The summed E-state index contributed by atoms with van der Waals surface area (Å²) < 4.78 is 0.964. The number of quaternary nitrogens is 1. The molecule has 0 N–H and O–H groups in total. The average Bonchev–Trinajstić information content (AvgIpc) is 2.63. The van der Waals surface area contributed by atoms with Gasteiger partial charge in [0.1, 0.15) is 12.5 Å². The van der Waals surface area contributed by atoms with E-state index >= 15 is 0 Å². The van der Waals surface area contributed by atoms with Gasteiger partial charge in [0, 0.05) is 11.1 Å². The van der Waals surface area contributed by atoms with Crippen molar-refractivity contribution in [2.45, 2.75) is 6.92 Å². The Labute approximate surface area is 112 Å². The van der Waals surface area contributed by atoms with Crippen molar-refractivity contribution in [3.05, 3.63) is 64.8 Å². The number of rotatable bonds is 1. The van der Waals surface area contributed by atoms with Crippen LogP contribution < -0.4 is 0 Å². The number of hydrogen-bond donors (Lipinski definition) is 0. The summed E-state index contributed by atoms with van der Waals surface area (Å²) in [7, 11) is 2.70. The summed E-state index contributed by atoms with van der Waals surface area (Å²) in [6.07, 6.45) is 7.04. The Hall–Kier alpha value is -1.25. The van der Waals surface area contributed by atoms with E-state index in [2.05, 4.69) is 68.2 Å². The van der Waals surface area contributed by atoms with Gasteiger partial charge in [0.05, 0.1) is 17.9 Å². The Bertz CT molecular complexity index is 568. The molecule has 0 aliphatic carbocycles. The Morgan fingerprint density at radius 1 is 1.17 bits per heavy atom. The maximum atomic E-state index is 2.46. The zero-order valence-corrected chi connectivity index (χ0v) is 12.0. The Morgan fingerprint density at radius 3 is 2.61 bits per heavy atom. The van der Waals surface area contributed by atoms with Gasteiger partial charge in [0.15, 0.2) is 11.1 Å². The molecule has 1 aromatic carbocycles. The van der Waals surface area contributed by atoms with Crippen LogP contribution in [0, 0.1) is 0 Å². The molecule has 0 saturated carbocycles. The molecule has 0 spiro atoms. The molecule has 3 rings (SSSR count). The highest BCUT2D eigenvalue weighted by Gasteiger charge is 2.44. The van der Waals surface area contributed by atoms with Crippen molar-refractivity contribution in [3.8, 4) is 0 Å². The van der Waals surface area contributed by atoms with Crippen molar-refractivity contribution < 1.29 is 4.48 Å². The number of fused-ring (bicyclic) bond motifs is 1. The molecule has 0 aromatic heterocycles. The second-order valence-corrected chi connectivity index (χ2v) is 7.26. The second kappa shape index (κ2) is 4.15. The average molecular weight is 257 g/mol. The van der Waals surface area contributed by atoms with Gasteiger partial charge < -0.3 is 0 Å². The van der Waals surface area contributed by atoms with Crippen LogP contribution in [0.5, 0.6) is 0 Å². The first kappa shape index (κ1) is 11.8. The third-order valence-corrected chi connectivity index (χ3v) is 5.13. The molecular formula is C16H19NS+2. The highest BCUT2D eigenvalue weighted by molar-refractivity contribution is 7.99. The molecule has 2 atom stereocenters. The van der Waals surface area contributed by atoms with Crippen molar-refractivity contribution in [2.75, 3.05) is 19.2 Å². The number of allylic oxidation sites excluding steroid dienone is 3. The summed E-state index contributed by atoms with van der Waals surface area (Å²) in [6.45, 7) is 2.20. The Morgan fingerprint density at radius 2 is 1.89 bits per heavy atom. The van der Waals surface area contributed by atoms with E-state index in [0.717, 1.165) is 4.48 Å². The van der Waals surface area contributed by atoms with Gasteiger partial charge in [0.25, 0.3) is 0 Å². The molecule has 2 heteroatoms. The molecule has 2 heterocycles. The molecular weight excluding hydrogens is 238 g/mol. The molecule has 2 unspecified atom stereocenters. The first-order valence-corrected chi connectivity index (χ1v) is 8.11. The normalized spacial score (nSPS) is 30.4. The van der Waals surface area contributed by atoms with E-state index in [4.69, 9.17) is 0 Å². The fourth-order valence-electron chi connectivity index (χ4n) is 2.92. The molecule has 0 bridgehead atoms. The summed E-state index contributed by atoms with van der Waals surface area (Å²) >= 11 is 0. The molecule has 1 aromatic rings. The maximum absolute atomic E-state index is 2.46. The molecule has 92 valence electrons. The van der Waals surface area contributed by atoms with Gasteiger partial charge in [-0.05, 0) is 18.6 Å². The predicted molar refractivity (Wildman–Crippen MR) is 80.6 cm³/mol. The minimum atomic E-state index is 0.383. The van der Waals surface area contributed by atoms with Crippen LogP contribution in [0.1, 0.15) is 12.5 Å². The van der Waals surface area contributed by atoms with E-state index < -0.39 is 0 Å². The minimum absolute atomic E-state index is 0.383. The molecule has 0 fully saturated rings. The lowest BCUT2D eigenvalue weighted by Crippen LogP contribution is -2.38. The van der Waals surface area contributed by atoms with Crippen molar-refractivity contribution in [1.29, 1.82) is 0 Å². The van der Waals surface area contributed by atoms with Crippen LogP contribution in [-0.2, 0) is 10.9 Å². The van der Waals surface area contributed by atoms with Crippen LogP contribution in [0.15, 0.2) is 59.3 Å². The van der Waals surface area contributed by atoms with Crippen LogP contribution in [0.2, 0.25) is 0 Å². The highest BCUT2D eigenvalue weighted by atomic mass is 32.2. The van der Waals surface area contributed by atoms with Crippen LogP contribution >= 0.6 is 0 Å². The molecule has 1 nitrogen and oxygen atoms in total. The third-order valence-electron chi connectivity index (χ3n) is 3.56. The minimum Gasteiger partial charge on any atom is -0.221 e. The first-order chi connectivity index (χ1) is 8.58. The molecule has 18 heavy (non-hydrogen) atoms. The number of likely N-dealkylation sites (N-methyl/N-ethyl adjacent to an activating group) is 1. The van der Waals surface area contributed by atoms with Crippen molar-refractivity contribution in [3.63, 3.8) is 0 Å². The fraction of sp³-hybridized carbons (Fsp3) is 0.250. The highest BCUT2D eigenvalue weighted by Crippen LogP contribution is 2.40. The second-order valence-electron chi connectivity index (χ2n) is 5.39. The summed E-state index contributed by atoms with van der Waals surface area (Å²) in [5.41, 5.74) is 5.57. The van der Waals surface area contributed by atoms with Gasteiger partial charge in [-0.3, -0.25) is 0 Å². The standard InChI is InChI=1S/C16H19NS/c1-13-9-15(14-7-5-4-6-8-14)16-11-18(3)12-17(16,2)10-13/h4-11H,12H2,1-3H3/q+2. The monoisotopic (exact) mass is 257 g/mol. The Kier molecular flexibility index (Phi) is 2.72. The van der Waals surface area contributed by atoms with E-state index in [1.807, 2.05) is 0 Å². The number of benzene rings is 1. The largest absolute Gasteiger partial charge is 0.246 e. The first-order valence-electron chi connectivity index (χ1n) is 6.24. The van der Waals surface area contributed by atoms with Crippen LogP contribution in [-0.4, -0.2) is 23.7 Å². The zero-order chi connectivity index (χ0) is 12.8. The topological polar surface area (TPSA) is 0 Å². The van der Waals surface area contributed by atoms with Gasteiger partial charge in [-0.1, -0.05) is 30.3 Å². The van der Waals surface area contributed by atoms with Crippen LogP contribution in [0.4, 0.5) is 0 Å². The lowest BCUT2D eigenvalue weighted by Gasteiger charge is -2.29. The predicted octanol–water partition coefficient (Wildman–Crippen LogP) is 3.49. The smallest absolute Gasteiger partial charge is 0.221 e. The van der Waals surface area contributed by atoms with Gasteiger partial charge >= 0.3 is 0 Å². The zero-order valence-electron chi connectivity index (χ0n) is 11.2. The molecule has 0 amide bonds. The van der Waals surface area contributed by atoms with E-state index in [1.165, 1.54) is 28.3 Å². The summed E-state index contributed by atoms with van der Waals surface area (Å²) in [6, 6.07) is 10.7. The van der Waals surface area contributed by atoms with E-state index in [9.17, 15) is 0 Å². The van der Waals surface area contributed by atoms with E-state index in [0.29, 0.717) is 10.9 Å². The SMILES string of the molecule is CC1=C[N+]2(C)C[S+](C)C=C2C(c2ccccc2)=C1.